The Morgan fingerprint density at radius 1 is 1.60 bits per heavy atom. The number of aromatic nitrogens is 1. The molecule has 1 aromatic heterocycles. The molecule has 0 spiro atoms. The van der Waals surface area contributed by atoms with E-state index in [4.69, 9.17) is 16.3 Å². The maximum atomic E-state index is 12.9. The van der Waals surface area contributed by atoms with Crippen molar-refractivity contribution < 1.29 is 19.0 Å². The number of amides is 1. The molecule has 0 unspecified atom stereocenters. The van der Waals surface area contributed by atoms with Crippen molar-refractivity contribution in [2.75, 3.05) is 6.61 Å². The monoisotopic (exact) mass is 304 g/mol. The molecule has 2 N–H and O–H groups in total. The van der Waals surface area contributed by atoms with Crippen molar-refractivity contribution in [2.24, 2.45) is 0 Å². The molecule has 20 heavy (non-hydrogen) atoms. The fourth-order valence-corrected chi connectivity index (χ4v) is 1.68. The molecule has 0 radical (unpaired) electrons. The molecule has 7 heteroatoms. The van der Waals surface area contributed by atoms with E-state index in [1.54, 1.807) is 20.8 Å². The Kier molecular flexibility index (Phi) is 5.71. The van der Waals surface area contributed by atoms with Crippen molar-refractivity contribution in [3.05, 3.63) is 28.8 Å². The number of carbonyl (C=O) groups is 1. The van der Waals surface area contributed by atoms with Crippen LogP contribution < -0.4 is 5.32 Å². The Bertz CT molecular complexity index is 477. The molecule has 0 aromatic carbocycles. The molecule has 0 fully saturated rings. The lowest BCUT2D eigenvalue weighted by molar-refractivity contribution is 0.0483. The second-order valence-corrected chi connectivity index (χ2v) is 5.75. The second kappa shape index (κ2) is 6.85. The van der Waals surface area contributed by atoms with Gasteiger partial charge in [-0.15, -0.1) is 0 Å². The number of nitrogens with zero attached hydrogens (tertiary/aromatic N) is 1. The number of ether oxygens (including phenoxy) is 1. The van der Waals surface area contributed by atoms with Crippen molar-refractivity contribution in [3.63, 3.8) is 0 Å². The summed E-state index contributed by atoms with van der Waals surface area (Å²) in [6.45, 7) is 4.94. The number of halogens is 2. The van der Waals surface area contributed by atoms with Crippen LogP contribution in [0.25, 0.3) is 0 Å². The average Bonchev–Trinajstić information content (AvgIpc) is 2.30. The summed E-state index contributed by atoms with van der Waals surface area (Å²) in [6.07, 6.45) is 0.946. The first-order valence-electron chi connectivity index (χ1n) is 6.11. The third-order valence-corrected chi connectivity index (χ3v) is 2.54. The van der Waals surface area contributed by atoms with E-state index in [2.05, 4.69) is 10.3 Å². The van der Waals surface area contributed by atoms with E-state index in [9.17, 15) is 14.3 Å². The Balaban J connectivity index is 2.63. The van der Waals surface area contributed by atoms with E-state index in [-0.39, 0.29) is 18.1 Å². The van der Waals surface area contributed by atoms with Crippen LogP contribution in [-0.4, -0.2) is 34.4 Å². The van der Waals surface area contributed by atoms with E-state index >= 15 is 0 Å². The lowest BCUT2D eigenvalue weighted by Crippen LogP contribution is -2.42. The Hall–Kier alpha value is -1.40. The number of nitrogens with one attached hydrogen (secondary N) is 1. The van der Waals surface area contributed by atoms with Crippen molar-refractivity contribution in [2.45, 2.75) is 38.8 Å². The van der Waals surface area contributed by atoms with Crippen LogP contribution in [0.4, 0.5) is 9.18 Å². The van der Waals surface area contributed by atoms with Crippen LogP contribution in [0.3, 0.4) is 0 Å². The number of aliphatic hydroxyl groups is 1. The molecule has 112 valence electrons. The van der Waals surface area contributed by atoms with Crippen LogP contribution in [-0.2, 0) is 11.2 Å². The molecule has 0 aliphatic carbocycles. The molecule has 5 nitrogen and oxygen atoms in total. The Morgan fingerprint density at radius 2 is 2.25 bits per heavy atom. The molecule has 0 bridgehead atoms. The van der Waals surface area contributed by atoms with Crippen molar-refractivity contribution in [1.82, 2.24) is 10.3 Å². The number of carbonyl (C=O) groups excluding carboxylic acids is 1. The Labute approximate surface area is 122 Å². The number of aliphatic hydroxyl groups excluding tert-OH is 1. The zero-order chi connectivity index (χ0) is 15.3. The van der Waals surface area contributed by atoms with Crippen LogP contribution in [0.1, 0.15) is 26.3 Å². The van der Waals surface area contributed by atoms with Crippen LogP contribution in [0, 0.1) is 5.95 Å². The quantitative estimate of drug-likeness (QED) is 0.837. The normalized spacial score (nSPS) is 12.9. The molecule has 1 rings (SSSR count). The SMILES string of the molecule is CC(C)(C)OC(=O)N[C@H](CO)Cc1cnc(F)c(Cl)c1. The number of hydrogen-bond donors (Lipinski definition) is 2. The van der Waals surface area contributed by atoms with Crippen LogP contribution >= 0.6 is 11.6 Å². The summed E-state index contributed by atoms with van der Waals surface area (Å²) in [5.41, 5.74) is -0.0170. The average molecular weight is 305 g/mol. The first-order chi connectivity index (χ1) is 9.21. The van der Waals surface area contributed by atoms with Gasteiger partial charge in [0.1, 0.15) is 5.60 Å². The van der Waals surface area contributed by atoms with Crippen LogP contribution in [0.15, 0.2) is 12.3 Å². The zero-order valence-electron chi connectivity index (χ0n) is 11.6. The van der Waals surface area contributed by atoms with Gasteiger partial charge in [0, 0.05) is 6.20 Å². The fourth-order valence-electron chi connectivity index (χ4n) is 1.49. The topological polar surface area (TPSA) is 71.5 Å². The molecule has 1 heterocycles. The molecule has 1 amide bonds. The van der Waals surface area contributed by atoms with E-state index in [1.807, 2.05) is 0 Å². The van der Waals surface area contributed by atoms with Gasteiger partial charge in [0.2, 0.25) is 5.95 Å². The van der Waals surface area contributed by atoms with Gasteiger partial charge in [0.15, 0.2) is 0 Å². The maximum Gasteiger partial charge on any atom is 0.407 e. The summed E-state index contributed by atoms with van der Waals surface area (Å²) >= 11 is 5.62. The number of hydrogen-bond acceptors (Lipinski definition) is 4. The van der Waals surface area contributed by atoms with Crippen LogP contribution in [0.5, 0.6) is 0 Å². The third kappa shape index (κ3) is 5.71. The summed E-state index contributed by atoms with van der Waals surface area (Å²) in [6, 6.07) is 0.844. The molecule has 1 atom stereocenters. The molecule has 0 saturated carbocycles. The molecular weight excluding hydrogens is 287 g/mol. The van der Waals surface area contributed by atoms with Gasteiger partial charge < -0.3 is 15.2 Å². The van der Waals surface area contributed by atoms with Gasteiger partial charge >= 0.3 is 6.09 Å². The lowest BCUT2D eigenvalue weighted by Gasteiger charge is -2.22. The smallest absolute Gasteiger partial charge is 0.407 e. The summed E-state index contributed by atoms with van der Waals surface area (Å²) in [7, 11) is 0. The number of pyridine rings is 1. The largest absolute Gasteiger partial charge is 0.444 e. The highest BCUT2D eigenvalue weighted by molar-refractivity contribution is 6.30. The van der Waals surface area contributed by atoms with Gasteiger partial charge in [0.05, 0.1) is 17.7 Å². The van der Waals surface area contributed by atoms with Gasteiger partial charge in [-0.3, -0.25) is 0 Å². The lowest BCUT2D eigenvalue weighted by atomic mass is 10.1. The Morgan fingerprint density at radius 3 is 2.75 bits per heavy atom. The molecule has 1 aromatic rings. The highest BCUT2D eigenvalue weighted by Crippen LogP contribution is 2.15. The van der Waals surface area contributed by atoms with Crippen molar-refractivity contribution in [3.8, 4) is 0 Å². The first kappa shape index (κ1) is 16.7. The van der Waals surface area contributed by atoms with E-state index in [0.29, 0.717) is 5.56 Å². The van der Waals surface area contributed by atoms with Gasteiger partial charge in [-0.05, 0) is 38.8 Å². The molecule has 0 aliphatic rings. The van der Waals surface area contributed by atoms with Crippen molar-refractivity contribution >= 4 is 17.7 Å². The number of rotatable bonds is 4. The van der Waals surface area contributed by atoms with Gasteiger partial charge in [-0.25, -0.2) is 9.78 Å². The predicted molar refractivity (Wildman–Crippen MR) is 73.2 cm³/mol. The summed E-state index contributed by atoms with van der Waals surface area (Å²) in [4.78, 5) is 15.1. The molecule has 0 saturated heterocycles. The minimum absolute atomic E-state index is 0.101. The van der Waals surface area contributed by atoms with Gasteiger partial charge in [0.25, 0.3) is 0 Å². The predicted octanol–water partition coefficient (Wildman–Crippen LogP) is 2.30. The van der Waals surface area contributed by atoms with E-state index in [1.165, 1.54) is 12.3 Å². The highest BCUT2D eigenvalue weighted by atomic mass is 35.5. The standard InChI is InChI=1S/C13H18ClFN2O3/c1-13(2,3)20-12(19)17-9(7-18)4-8-5-10(14)11(15)16-6-8/h5-6,9,18H,4,7H2,1-3H3,(H,17,19)/t9-/m0/s1. The van der Waals surface area contributed by atoms with E-state index in [0.717, 1.165) is 0 Å². The van der Waals surface area contributed by atoms with Crippen LogP contribution in [0.2, 0.25) is 5.02 Å². The van der Waals surface area contributed by atoms with Gasteiger partial charge in [-0.1, -0.05) is 11.6 Å². The highest BCUT2D eigenvalue weighted by Gasteiger charge is 2.19. The summed E-state index contributed by atoms with van der Waals surface area (Å²) in [5.74, 6) is -0.754. The van der Waals surface area contributed by atoms with Gasteiger partial charge in [-0.2, -0.15) is 4.39 Å². The maximum absolute atomic E-state index is 12.9. The number of alkyl carbamates (subject to hydrolysis) is 1. The molecule has 0 aliphatic heterocycles. The minimum atomic E-state index is -0.754. The summed E-state index contributed by atoms with van der Waals surface area (Å²) < 4.78 is 18.0. The van der Waals surface area contributed by atoms with E-state index < -0.39 is 23.7 Å². The molecular formula is C13H18ClFN2O3. The zero-order valence-corrected chi connectivity index (χ0v) is 12.4. The second-order valence-electron chi connectivity index (χ2n) is 5.35. The third-order valence-electron chi connectivity index (χ3n) is 2.28. The minimum Gasteiger partial charge on any atom is -0.444 e. The fraction of sp³-hybridized carbons (Fsp3) is 0.538. The van der Waals surface area contributed by atoms with Crippen molar-refractivity contribution in [1.29, 1.82) is 0 Å². The summed E-state index contributed by atoms with van der Waals surface area (Å²) in [5, 5.41) is 11.7. The first-order valence-corrected chi connectivity index (χ1v) is 6.49.